The van der Waals surface area contributed by atoms with Gasteiger partial charge in [0.2, 0.25) is 0 Å². The van der Waals surface area contributed by atoms with E-state index in [4.69, 9.17) is 0 Å². The number of carboxylic acid groups (broad SMARTS) is 1. The summed E-state index contributed by atoms with van der Waals surface area (Å²) >= 11 is 1.40. The fourth-order valence-electron chi connectivity index (χ4n) is 2.46. The van der Waals surface area contributed by atoms with Gasteiger partial charge in [0.25, 0.3) is 0 Å². The van der Waals surface area contributed by atoms with Crippen LogP contribution in [-0.4, -0.2) is 21.4 Å². The lowest BCUT2D eigenvalue weighted by Crippen LogP contribution is -2.28. The van der Waals surface area contributed by atoms with Crippen molar-refractivity contribution in [2.75, 3.05) is 0 Å². The lowest BCUT2D eigenvalue weighted by molar-refractivity contribution is -0.137. The van der Waals surface area contributed by atoms with Crippen molar-refractivity contribution in [3.8, 4) is 5.75 Å². The standard InChI is InChI=1S/C14H18O3S/c15-11-6-8-12(9-7-11)18-13(14(16)17)10-4-2-1-3-5-10/h6-10,13,15H,1-5H2,(H,16,17)/t13-/m0/s1. The Labute approximate surface area is 111 Å². The smallest absolute Gasteiger partial charge is 0.317 e. The largest absolute Gasteiger partial charge is 0.508 e. The predicted molar refractivity (Wildman–Crippen MR) is 72.0 cm³/mol. The number of carbonyl (C=O) groups is 1. The molecule has 1 atom stereocenters. The van der Waals surface area contributed by atoms with Gasteiger partial charge in [-0.25, -0.2) is 0 Å². The SMILES string of the molecule is O=C(O)[C@@H](Sc1ccc(O)cc1)C1CCCCC1. The molecule has 1 saturated carbocycles. The molecule has 2 N–H and O–H groups in total. The number of benzene rings is 1. The Hall–Kier alpha value is -1.16. The van der Waals surface area contributed by atoms with Crippen LogP contribution in [-0.2, 0) is 4.79 Å². The van der Waals surface area contributed by atoms with Crippen molar-refractivity contribution in [2.45, 2.75) is 42.2 Å². The van der Waals surface area contributed by atoms with Crippen molar-refractivity contribution in [1.29, 1.82) is 0 Å². The van der Waals surface area contributed by atoms with Gasteiger partial charge in [0.05, 0.1) is 0 Å². The summed E-state index contributed by atoms with van der Waals surface area (Å²) in [6.07, 6.45) is 5.55. The second-order valence-corrected chi connectivity index (χ2v) is 5.98. The van der Waals surface area contributed by atoms with Gasteiger partial charge in [0, 0.05) is 4.90 Å². The average molecular weight is 266 g/mol. The summed E-state index contributed by atoms with van der Waals surface area (Å²) in [7, 11) is 0. The first-order chi connectivity index (χ1) is 8.66. The monoisotopic (exact) mass is 266 g/mol. The van der Waals surface area contributed by atoms with E-state index in [1.165, 1.54) is 18.2 Å². The average Bonchev–Trinajstić information content (AvgIpc) is 2.38. The third-order valence-corrected chi connectivity index (χ3v) is 4.81. The van der Waals surface area contributed by atoms with E-state index in [9.17, 15) is 15.0 Å². The highest BCUT2D eigenvalue weighted by Crippen LogP contribution is 2.36. The van der Waals surface area contributed by atoms with Gasteiger partial charge in [-0.2, -0.15) is 0 Å². The second kappa shape index (κ2) is 6.14. The molecule has 0 aromatic heterocycles. The lowest BCUT2D eigenvalue weighted by atomic mass is 9.87. The quantitative estimate of drug-likeness (QED) is 0.819. The highest BCUT2D eigenvalue weighted by Gasteiger charge is 2.30. The summed E-state index contributed by atoms with van der Waals surface area (Å²) in [6, 6.07) is 6.75. The molecule has 98 valence electrons. The van der Waals surface area contributed by atoms with E-state index in [2.05, 4.69) is 0 Å². The van der Waals surface area contributed by atoms with Crippen LogP contribution >= 0.6 is 11.8 Å². The molecule has 0 aliphatic heterocycles. The van der Waals surface area contributed by atoms with Gasteiger partial charge < -0.3 is 10.2 Å². The van der Waals surface area contributed by atoms with E-state index in [1.807, 2.05) is 0 Å². The molecular weight excluding hydrogens is 248 g/mol. The minimum absolute atomic E-state index is 0.212. The Balaban J connectivity index is 2.05. The molecule has 1 fully saturated rings. The van der Waals surface area contributed by atoms with Crippen LogP contribution in [0.5, 0.6) is 5.75 Å². The van der Waals surface area contributed by atoms with Gasteiger partial charge in [-0.1, -0.05) is 19.3 Å². The number of thioether (sulfide) groups is 1. The molecule has 2 rings (SSSR count). The third-order valence-electron chi connectivity index (χ3n) is 3.42. The minimum Gasteiger partial charge on any atom is -0.508 e. The number of carboxylic acids is 1. The summed E-state index contributed by atoms with van der Waals surface area (Å²) in [5.74, 6) is -0.237. The number of aromatic hydroxyl groups is 1. The number of aliphatic carboxylic acids is 1. The Kier molecular flexibility index (Phi) is 4.53. The molecule has 0 bridgehead atoms. The fraction of sp³-hybridized carbons (Fsp3) is 0.500. The summed E-state index contributed by atoms with van der Waals surface area (Å²) in [5, 5.41) is 18.2. The molecule has 0 saturated heterocycles. The number of rotatable bonds is 4. The van der Waals surface area contributed by atoms with Crippen LogP contribution in [0.2, 0.25) is 0 Å². The Bertz CT molecular complexity index is 396. The summed E-state index contributed by atoms with van der Waals surface area (Å²) in [4.78, 5) is 12.3. The molecule has 0 spiro atoms. The molecule has 0 amide bonds. The van der Waals surface area contributed by atoms with Crippen molar-refractivity contribution >= 4 is 17.7 Å². The highest BCUT2D eigenvalue weighted by molar-refractivity contribution is 8.00. The molecule has 0 heterocycles. The molecule has 0 radical (unpaired) electrons. The van der Waals surface area contributed by atoms with Crippen LogP contribution in [0, 0.1) is 5.92 Å². The lowest BCUT2D eigenvalue weighted by Gasteiger charge is -2.27. The number of phenolic OH excluding ortho intramolecular Hbond substituents is 1. The van der Waals surface area contributed by atoms with Crippen LogP contribution < -0.4 is 0 Å². The van der Waals surface area contributed by atoms with Gasteiger partial charge in [-0.3, -0.25) is 4.79 Å². The maximum absolute atomic E-state index is 11.4. The zero-order valence-electron chi connectivity index (χ0n) is 10.2. The van der Waals surface area contributed by atoms with E-state index in [0.717, 1.165) is 30.6 Å². The van der Waals surface area contributed by atoms with Crippen molar-refractivity contribution in [3.05, 3.63) is 24.3 Å². The fourth-order valence-corrected chi connectivity index (χ4v) is 3.61. The van der Waals surface area contributed by atoms with Crippen LogP contribution in [0.15, 0.2) is 29.2 Å². The molecule has 1 aromatic rings. The molecule has 18 heavy (non-hydrogen) atoms. The predicted octanol–water partition coefficient (Wildman–Crippen LogP) is 3.52. The summed E-state index contributed by atoms with van der Waals surface area (Å²) in [5.41, 5.74) is 0. The molecule has 0 unspecified atom stereocenters. The first-order valence-electron chi connectivity index (χ1n) is 6.35. The van der Waals surface area contributed by atoms with E-state index in [1.54, 1.807) is 24.3 Å². The Morgan fingerprint density at radius 3 is 2.33 bits per heavy atom. The minimum atomic E-state index is -0.722. The van der Waals surface area contributed by atoms with Crippen LogP contribution in [0.1, 0.15) is 32.1 Å². The molecule has 1 aromatic carbocycles. The van der Waals surface area contributed by atoms with Crippen molar-refractivity contribution < 1.29 is 15.0 Å². The number of phenols is 1. The normalized spacial score (nSPS) is 18.4. The maximum atomic E-state index is 11.4. The van der Waals surface area contributed by atoms with E-state index < -0.39 is 5.97 Å². The summed E-state index contributed by atoms with van der Waals surface area (Å²) in [6.45, 7) is 0. The molecule has 1 aliphatic rings. The van der Waals surface area contributed by atoms with E-state index in [0.29, 0.717) is 0 Å². The van der Waals surface area contributed by atoms with Crippen LogP contribution in [0.3, 0.4) is 0 Å². The second-order valence-electron chi connectivity index (χ2n) is 4.77. The van der Waals surface area contributed by atoms with Gasteiger partial charge in [-0.05, 0) is 43.0 Å². The molecular formula is C14H18O3S. The Morgan fingerprint density at radius 1 is 1.17 bits per heavy atom. The third kappa shape index (κ3) is 3.42. The van der Waals surface area contributed by atoms with Gasteiger partial charge in [0.15, 0.2) is 0 Å². The van der Waals surface area contributed by atoms with Gasteiger partial charge in [0.1, 0.15) is 11.0 Å². The molecule has 3 nitrogen and oxygen atoms in total. The van der Waals surface area contributed by atoms with Crippen molar-refractivity contribution in [3.63, 3.8) is 0 Å². The zero-order chi connectivity index (χ0) is 13.0. The van der Waals surface area contributed by atoms with Crippen molar-refractivity contribution in [1.82, 2.24) is 0 Å². The maximum Gasteiger partial charge on any atom is 0.317 e. The van der Waals surface area contributed by atoms with Crippen LogP contribution in [0.25, 0.3) is 0 Å². The van der Waals surface area contributed by atoms with Gasteiger partial charge in [-0.15, -0.1) is 11.8 Å². The topological polar surface area (TPSA) is 57.5 Å². The zero-order valence-corrected chi connectivity index (χ0v) is 11.0. The van der Waals surface area contributed by atoms with E-state index >= 15 is 0 Å². The van der Waals surface area contributed by atoms with Gasteiger partial charge >= 0.3 is 5.97 Å². The Morgan fingerprint density at radius 2 is 1.78 bits per heavy atom. The summed E-state index contributed by atoms with van der Waals surface area (Å²) < 4.78 is 0. The first-order valence-corrected chi connectivity index (χ1v) is 7.23. The molecule has 4 heteroatoms. The highest BCUT2D eigenvalue weighted by atomic mass is 32.2. The van der Waals surface area contributed by atoms with Crippen molar-refractivity contribution in [2.24, 2.45) is 5.92 Å². The molecule has 1 aliphatic carbocycles. The van der Waals surface area contributed by atoms with Crippen LogP contribution in [0.4, 0.5) is 0 Å². The first kappa shape index (κ1) is 13.3. The number of hydrogen-bond donors (Lipinski definition) is 2. The number of hydrogen-bond acceptors (Lipinski definition) is 3. The van der Waals surface area contributed by atoms with E-state index in [-0.39, 0.29) is 16.9 Å².